The van der Waals surface area contributed by atoms with Crippen LogP contribution in [0.4, 0.5) is 9.18 Å². The second-order valence-electron chi connectivity index (χ2n) is 8.38. The maximum absolute atomic E-state index is 14.1. The van der Waals surface area contributed by atoms with Crippen molar-refractivity contribution in [1.82, 2.24) is 15.1 Å². The molecule has 0 bridgehead atoms. The quantitative estimate of drug-likeness (QED) is 0.615. The number of hydrogen-bond donors (Lipinski definition) is 1. The van der Waals surface area contributed by atoms with Crippen molar-refractivity contribution in [2.45, 2.75) is 18.5 Å². The first-order chi connectivity index (χ1) is 16.0. The van der Waals surface area contributed by atoms with Gasteiger partial charge < -0.3 is 10.2 Å². The molecular formula is C26H23ClFN3O2. The summed E-state index contributed by atoms with van der Waals surface area (Å²) in [6.07, 6.45) is 1.00. The summed E-state index contributed by atoms with van der Waals surface area (Å²) in [4.78, 5) is 30.3. The van der Waals surface area contributed by atoms with Crippen molar-refractivity contribution in [1.29, 1.82) is 0 Å². The molecule has 2 heterocycles. The van der Waals surface area contributed by atoms with Crippen LogP contribution in [0.15, 0.2) is 72.8 Å². The van der Waals surface area contributed by atoms with Crippen LogP contribution in [0, 0.1) is 5.82 Å². The zero-order valence-corrected chi connectivity index (χ0v) is 18.7. The van der Waals surface area contributed by atoms with Crippen LogP contribution in [0.3, 0.4) is 0 Å². The molecule has 0 radical (unpaired) electrons. The van der Waals surface area contributed by atoms with E-state index < -0.39 is 11.5 Å². The monoisotopic (exact) mass is 463 g/mol. The minimum Gasteiger partial charge on any atom is -0.338 e. The standard InChI is InChI=1S/C26H23ClFN3O2/c27-21-8-6-20(7-9-21)26-17-19-16-22(28)10-11-23(19)24(32)30(26)14-15-31(26)25(33)29-13-12-18-4-2-1-3-5-18/h1-11,16H,12-15,17H2,(H,29,33). The molecule has 0 aromatic heterocycles. The lowest BCUT2D eigenvalue weighted by molar-refractivity contribution is 0.0203. The molecule has 33 heavy (non-hydrogen) atoms. The molecule has 168 valence electrons. The molecule has 1 saturated heterocycles. The van der Waals surface area contributed by atoms with Crippen LogP contribution in [0.2, 0.25) is 5.02 Å². The zero-order chi connectivity index (χ0) is 23.0. The average molecular weight is 464 g/mol. The van der Waals surface area contributed by atoms with Crippen molar-refractivity contribution in [3.05, 3.63) is 106 Å². The predicted molar refractivity (Wildman–Crippen MR) is 125 cm³/mol. The molecule has 0 saturated carbocycles. The lowest BCUT2D eigenvalue weighted by Crippen LogP contribution is -2.60. The first kappa shape index (κ1) is 21.5. The Morgan fingerprint density at radius 1 is 1.03 bits per heavy atom. The first-order valence-corrected chi connectivity index (χ1v) is 11.3. The molecule has 3 aromatic carbocycles. The Balaban J connectivity index is 1.49. The number of carbonyl (C=O) groups excluding carboxylic acids is 2. The van der Waals surface area contributed by atoms with Crippen molar-refractivity contribution >= 4 is 23.5 Å². The van der Waals surface area contributed by atoms with Crippen LogP contribution < -0.4 is 5.32 Å². The summed E-state index contributed by atoms with van der Waals surface area (Å²) in [5.41, 5.74) is 1.93. The summed E-state index contributed by atoms with van der Waals surface area (Å²) >= 11 is 6.12. The molecule has 1 atom stereocenters. The van der Waals surface area contributed by atoms with Crippen LogP contribution in [0.25, 0.3) is 0 Å². The molecule has 2 aliphatic rings. The predicted octanol–water partition coefficient (Wildman–Crippen LogP) is 4.60. The van der Waals surface area contributed by atoms with E-state index in [1.165, 1.54) is 18.2 Å². The van der Waals surface area contributed by atoms with E-state index in [2.05, 4.69) is 5.32 Å². The lowest BCUT2D eigenvalue weighted by atomic mass is 9.84. The van der Waals surface area contributed by atoms with Gasteiger partial charge in [-0.2, -0.15) is 0 Å². The van der Waals surface area contributed by atoms with Gasteiger partial charge in [-0.3, -0.25) is 9.69 Å². The third-order valence-corrected chi connectivity index (χ3v) is 6.76. The maximum Gasteiger partial charge on any atom is 0.319 e. The fourth-order valence-electron chi connectivity index (χ4n) is 4.96. The van der Waals surface area contributed by atoms with Crippen molar-refractivity contribution in [3.8, 4) is 0 Å². The van der Waals surface area contributed by atoms with E-state index in [1.54, 1.807) is 21.9 Å². The van der Waals surface area contributed by atoms with Gasteiger partial charge in [0.1, 0.15) is 11.5 Å². The first-order valence-electron chi connectivity index (χ1n) is 10.9. The van der Waals surface area contributed by atoms with Crippen LogP contribution in [-0.4, -0.2) is 41.4 Å². The number of nitrogens with one attached hydrogen (secondary N) is 1. The molecule has 0 aliphatic carbocycles. The molecule has 3 aromatic rings. The molecule has 7 heteroatoms. The number of nitrogens with zero attached hydrogens (tertiary/aromatic N) is 2. The second-order valence-corrected chi connectivity index (χ2v) is 8.81. The number of halogens is 2. The summed E-state index contributed by atoms with van der Waals surface area (Å²) in [5.74, 6) is -0.607. The van der Waals surface area contributed by atoms with Crippen LogP contribution in [0.5, 0.6) is 0 Å². The fourth-order valence-corrected chi connectivity index (χ4v) is 5.08. The summed E-state index contributed by atoms with van der Waals surface area (Å²) in [6, 6.07) is 21.1. The number of fused-ring (bicyclic) bond motifs is 2. The van der Waals surface area contributed by atoms with E-state index in [0.717, 1.165) is 11.1 Å². The Labute approximate surface area is 196 Å². The Kier molecular flexibility index (Phi) is 5.54. The highest BCUT2D eigenvalue weighted by Gasteiger charge is 2.55. The van der Waals surface area contributed by atoms with Gasteiger partial charge in [0, 0.05) is 36.6 Å². The smallest absolute Gasteiger partial charge is 0.319 e. The molecule has 3 amide bonds. The molecule has 1 fully saturated rings. The topological polar surface area (TPSA) is 52.7 Å². The minimum absolute atomic E-state index is 0.203. The largest absolute Gasteiger partial charge is 0.338 e. The van der Waals surface area contributed by atoms with E-state index in [4.69, 9.17) is 11.6 Å². The van der Waals surface area contributed by atoms with E-state index in [9.17, 15) is 14.0 Å². The second kappa shape index (κ2) is 8.52. The van der Waals surface area contributed by atoms with Gasteiger partial charge in [0.15, 0.2) is 0 Å². The van der Waals surface area contributed by atoms with Crippen LogP contribution in [0.1, 0.15) is 27.0 Å². The highest BCUT2D eigenvalue weighted by Crippen LogP contribution is 2.45. The highest BCUT2D eigenvalue weighted by molar-refractivity contribution is 6.30. The van der Waals surface area contributed by atoms with Gasteiger partial charge in [-0.15, -0.1) is 0 Å². The van der Waals surface area contributed by atoms with Gasteiger partial charge in [0.25, 0.3) is 5.91 Å². The minimum atomic E-state index is -1.04. The van der Waals surface area contributed by atoms with Gasteiger partial charge in [0.05, 0.1) is 0 Å². The van der Waals surface area contributed by atoms with Crippen molar-refractivity contribution in [2.75, 3.05) is 19.6 Å². The molecular weight excluding hydrogens is 441 g/mol. The Morgan fingerprint density at radius 3 is 2.55 bits per heavy atom. The van der Waals surface area contributed by atoms with Crippen molar-refractivity contribution < 1.29 is 14.0 Å². The van der Waals surface area contributed by atoms with Crippen molar-refractivity contribution in [3.63, 3.8) is 0 Å². The molecule has 2 aliphatic heterocycles. The normalized spacial score (nSPS) is 19.3. The summed E-state index contributed by atoms with van der Waals surface area (Å²) < 4.78 is 14.1. The lowest BCUT2D eigenvalue weighted by Gasteiger charge is -2.47. The number of hydrogen-bond acceptors (Lipinski definition) is 2. The van der Waals surface area contributed by atoms with Gasteiger partial charge in [-0.25, -0.2) is 9.18 Å². The number of carbonyl (C=O) groups is 2. The number of rotatable bonds is 4. The highest BCUT2D eigenvalue weighted by atomic mass is 35.5. The Bertz CT molecular complexity index is 1200. The van der Waals surface area contributed by atoms with Crippen LogP contribution in [-0.2, 0) is 18.5 Å². The Morgan fingerprint density at radius 2 is 1.79 bits per heavy atom. The van der Waals surface area contributed by atoms with Gasteiger partial charge in [-0.05, 0) is 53.4 Å². The number of amides is 3. The maximum atomic E-state index is 14.1. The fraction of sp³-hybridized carbons (Fsp3) is 0.231. The van der Waals surface area contributed by atoms with Crippen molar-refractivity contribution in [2.24, 2.45) is 0 Å². The Hall–Kier alpha value is -3.38. The number of benzene rings is 3. The molecule has 0 spiro atoms. The third-order valence-electron chi connectivity index (χ3n) is 6.50. The summed E-state index contributed by atoms with van der Waals surface area (Å²) in [6.45, 7) is 1.24. The number of urea groups is 1. The van der Waals surface area contributed by atoms with E-state index in [-0.39, 0.29) is 11.9 Å². The molecule has 5 rings (SSSR count). The molecule has 5 nitrogen and oxygen atoms in total. The van der Waals surface area contributed by atoms with E-state index in [1.807, 2.05) is 42.5 Å². The summed E-state index contributed by atoms with van der Waals surface area (Å²) in [7, 11) is 0. The summed E-state index contributed by atoms with van der Waals surface area (Å²) in [5, 5.41) is 3.57. The SMILES string of the molecule is O=C(NCCc1ccccc1)N1CCN2C(=O)c3ccc(F)cc3CC12c1ccc(Cl)cc1. The van der Waals surface area contributed by atoms with Crippen LogP contribution >= 0.6 is 11.6 Å². The van der Waals surface area contributed by atoms with E-state index >= 15 is 0 Å². The molecule has 1 N–H and O–H groups in total. The van der Waals surface area contributed by atoms with E-state index in [0.29, 0.717) is 48.6 Å². The van der Waals surface area contributed by atoms with Gasteiger partial charge in [-0.1, -0.05) is 54.1 Å². The zero-order valence-electron chi connectivity index (χ0n) is 17.9. The average Bonchev–Trinajstić information content (AvgIpc) is 3.20. The van der Waals surface area contributed by atoms with Gasteiger partial charge >= 0.3 is 6.03 Å². The molecule has 1 unspecified atom stereocenters. The third kappa shape index (κ3) is 3.74. The van der Waals surface area contributed by atoms with Gasteiger partial charge in [0.2, 0.25) is 0 Å².